The van der Waals surface area contributed by atoms with Crippen LogP contribution in [0.5, 0.6) is 0 Å². The molecule has 1 rings (SSSR count). The molecule has 0 amide bonds. The maximum atomic E-state index is 13.0. The van der Waals surface area contributed by atoms with Gasteiger partial charge in [-0.25, -0.2) is 21.9 Å². The Bertz CT molecular complexity index is 524. The van der Waals surface area contributed by atoms with Crippen LogP contribution in [0.1, 0.15) is 10.4 Å². The molecule has 88 valence electrons. The van der Waals surface area contributed by atoms with Gasteiger partial charge in [0.1, 0.15) is 5.82 Å². The molecule has 7 heteroatoms. The van der Waals surface area contributed by atoms with Gasteiger partial charge < -0.3 is 5.11 Å². The molecule has 0 fully saturated rings. The number of halogens is 1. The molecule has 1 N–H and O–H groups in total. The molecule has 0 saturated carbocycles. The summed E-state index contributed by atoms with van der Waals surface area (Å²) < 4.78 is 37.2. The highest BCUT2D eigenvalue weighted by molar-refractivity contribution is 7.89. The fraction of sp³-hybridized carbons (Fsp3) is 0.222. The molecule has 0 radical (unpaired) electrons. The van der Waals surface area contributed by atoms with E-state index in [0.717, 1.165) is 22.5 Å². The van der Waals surface area contributed by atoms with Gasteiger partial charge in [0, 0.05) is 14.1 Å². The molecule has 0 unspecified atom stereocenters. The van der Waals surface area contributed by atoms with Crippen LogP contribution in [0.3, 0.4) is 0 Å². The SMILES string of the molecule is CN(C)S(=O)(=O)c1cc(F)cc(C(=O)O)c1. The molecule has 0 aliphatic heterocycles. The summed E-state index contributed by atoms with van der Waals surface area (Å²) in [5.41, 5.74) is -0.402. The van der Waals surface area contributed by atoms with Crippen LogP contribution >= 0.6 is 0 Å². The van der Waals surface area contributed by atoms with Crippen LogP contribution in [0, 0.1) is 5.82 Å². The van der Waals surface area contributed by atoms with E-state index in [1.54, 1.807) is 0 Å². The number of rotatable bonds is 3. The molecule has 0 saturated heterocycles. The predicted octanol–water partition coefficient (Wildman–Crippen LogP) is 0.774. The van der Waals surface area contributed by atoms with Crippen molar-refractivity contribution in [3.8, 4) is 0 Å². The molecule has 0 spiro atoms. The molecule has 0 aliphatic rings. The Balaban J connectivity index is 3.42. The molecule has 0 bridgehead atoms. The van der Waals surface area contributed by atoms with Crippen LogP contribution in [-0.2, 0) is 10.0 Å². The van der Waals surface area contributed by atoms with E-state index in [1.807, 2.05) is 0 Å². The van der Waals surface area contributed by atoms with Crippen molar-refractivity contribution in [3.05, 3.63) is 29.6 Å². The Morgan fingerprint density at radius 3 is 2.31 bits per heavy atom. The molecule has 0 heterocycles. The third kappa shape index (κ3) is 2.37. The van der Waals surface area contributed by atoms with E-state index in [4.69, 9.17) is 5.11 Å². The summed E-state index contributed by atoms with van der Waals surface area (Å²) in [5.74, 6) is -2.28. The number of hydrogen-bond donors (Lipinski definition) is 1. The molecule has 1 aromatic rings. The van der Waals surface area contributed by atoms with Crippen LogP contribution in [0.25, 0.3) is 0 Å². The third-order valence-electron chi connectivity index (χ3n) is 1.90. The normalized spacial score (nSPS) is 11.8. The van der Waals surface area contributed by atoms with E-state index in [0.29, 0.717) is 0 Å². The topological polar surface area (TPSA) is 74.7 Å². The maximum Gasteiger partial charge on any atom is 0.335 e. The second kappa shape index (κ2) is 4.18. The second-order valence-corrected chi connectivity index (χ2v) is 5.42. The molecule has 0 atom stereocenters. The van der Waals surface area contributed by atoms with Crippen LogP contribution in [0.4, 0.5) is 4.39 Å². The molecular weight excluding hydrogens is 237 g/mol. The number of sulfonamides is 1. The fourth-order valence-electron chi connectivity index (χ4n) is 1.05. The van der Waals surface area contributed by atoms with Crippen molar-refractivity contribution in [1.29, 1.82) is 0 Å². The number of hydrogen-bond acceptors (Lipinski definition) is 3. The van der Waals surface area contributed by atoms with Gasteiger partial charge in [0.05, 0.1) is 10.5 Å². The van der Waals surface area contributed by atoms with E-state index in [1.165, 1.54) is 14.1 Å². The minimum Gasteiger partial charge on any atom is -0.478 e. The minimum absolute atomic E-state index is 0.380. The minimum atomic E-state index is -3.83. The first-order chi connectivity index (χ1) is 7.25. The lowest BCUT2D eigenvalue weighted by Crippen LogP contribution is -2.22. The lowest BCUT2D eigenvalue weighted by Gasteiger charge is -2.11. The lowest BCUT2D eigenvalue weighted by atomic mass is 10.2. The highest BCUT2D eigenvalue weighted by Gasteiger charge is 2.20. The summed E-state index contributed by atoms with van der Waals surface area (Å²) in [6, 6.07) is 2.46. The molecule has 1 aromatic carbocycles. The van der Waals surface area contributed by atoms with Crippen LogP contribution in [0.15, 0.2) is 23.1 Å². The Morgan fingerprint density at radius 1 is 1.31 bits per heavy atom. The van der Waals surface area contributed by atoms with E-state index < -0.39 is 27.4 Å². The zero-order valence-corrected chi connectivity index (χ0v) is 9.45. The van der Waals surface area contributed by atoms with Crippen molar-refractivity contribution >= 4 is 16.0 Å². The smallest absolute Gasteiger partial charge is 0.335 e. The quantitative estimate of drug-likeness (QED) is 0.856. The standard InChI is InChI=1S/C9H10FNO4S/c1-11(2)16(14,15)8-4-6(9(12)13)3-7(10)5-8/h3-5H,1-2H3,(H,12,13). The molecule has 5 nitrogen and oxygen atoms in total. The highest BCUT2D eigenvalue weighted by Crippen LogP contribution is 2.17. The summed E-state index contributed by atoms with van der Waals surface area (Å²) in [4.78, 5) is 10.2. The summed E-state index contributed by atoms with van der Waals surface area (Å²) in [6.07, 6.45) is 0. The van der Waals surface area contributed by atoms with Crippen molar-refractivity contribution in [2.75, 3.05) is 14.1 Å². The van der Waals surface area contributed by atoms with Gasteiger partial charge in [0.2, 0.25) is 10.0 Å². The van der Waals surface area contributed by atoms with E-state index in [2.05, 4.69) is 0 Å². The first-order valence-electron chi connectivity index (χ1n) is 4.21. The van der Waals surface area contributed by atoms with Gasteiger partial charge in [-0.05, 0) is 18.2 Å². The van der Waals surface area contributed by atoms with Gasteiger partial charge in [0.15, 0.2) is 0 Å². The van der Waals surface area contributed by atoms with E-state index in [9.17, 15) is 17.6 Å². The third-order valence-corrected chi connectivity index (χ3v) is 3.69. The number of carbonyl (C=O) groups is 1. The summed E-state index contributed by atoms with van der Waals surface area (Å²) in [5, 5.41) is 8.66. The molecule has 0 aromatic heterocycles. The largest absolute Gasteiger partial charge is 0.478 e. The highest BCUT2D eigenvalue weighted by atomic mass is 32.2. The van der Waals surface area contributed by atoms with Gasteiger partial charge in [-0.2, -0.15) is 0 Å². The molecular formula is C9H10FNO4S. The Kier molecular flexibility index (Phi) is 3.30. The monoisotopic (exact) mass is 247 g/mol. The number of carboxylic acid groups (broad SMARTS) is 1. The maximum absolute atomic E-state index is 13.0. The summed E-state index contributed by atoms with van der Waals surface area (Å²) in [7, 11) is -1.27. The Morgan fingerprint density at radius 2 is 1.88 bits per heavy atom. The average molecular weight is 247 g/mol. The first kappa shape index (κ1) is 12.6. The summed E-state index contributed by atoms with van der Waals surface area (Å²) in [6.45, 7) is 0. The molecule has 16 heavy (non-hydrogen) atoms. The number of benzene rings is 1. The predicted molar refractivity (Wildman–Crippen MR) is 54.2 cm³/mol. The van der Waals surface area contributed by atoms with Crippen LogP contribution in [0.2, 0.25) is 0 Å². The molecule has 0 aliphatic carbocycles. The lowest BCUT2D eigenvalue weighted by molar-refractivity contribution is 0.0696. The Hall–Kier alpha value is -1.47. The number of aromatic carboxylic acids is 1. The van der Waals surface area contributed by atoms with Crippen molar-refractivity contribution in [1.82, 2.24) is 4.31 Å². The first-order valence-corrected chi connectivity index (χ1v) is 5.65. The van der Waals surface area contributed by atoms with E-state index >= 15 is 0 Å². The number of carboxylic acids is 1. The van der Waals surface area contributed by atoms with Crippen molar-refractivity contribution in [3.63, 3.8) is 0 Å². The van der Waals surface area contributed by atoms with Crippen molar-refractivity contribution in [2.45, 2.75) is 4.90 Å². The van der Waals surface area contributed by atoms with Gasteiger partial charge in [0.25, 0.3) is 0 Å². The second-order valence-electron chi connectivity index (χ2n) is 3.27. The van der Waals surface area contributed by atoms with Crippen LogP contribution in [-0.4, -0.2) is 37.9 Å². The van der Waals surface area contributed by atoms with Gasteiger partial charge in [-0.1, -0.05) is 0 Å². The fourth-order valence-corrected chi connectivity index (χ4v) is 2.00. The van der Waals surface area contributed by atoms with E-state index in [-0.39, 0.29) is 4.90 Å². The van der Waals surface area contributed by atoms with Gasteiger partial charge >= 0.3 is 5.97 Å². The zero-order chi connectivity index (χ0) is 12.5. The zero-order valence-electron chi connectivity index (χ0n) is 8.64. The van der Waals surface area contributed by atoms with Crippen molar-refractivity contribution < 1.29 is 22.7 Å². The average Bonchev–Trinajstić information content (AvgIpc) is 2.16. The van der Waals surface area contributed by atoms with Gasteiger partial charge in [-0.3, -0.25) is 0 Å². The Labute approximate surface area is 92.2 Å². The van der Waals surface area contributed by atoms with Crippen molar-refractivity contribution in [2.24, 2.45) is 0 Å². The summed E-state index contributed by atoms with van der Waals surface area (Å²) >= 11 is 0. The van der Waals surface area contributed by atoms with Crippen LogP contribution < -0.4 is 0 Å². The van der Waals surface area contributed by atoms with Gasteiger partial charge in [-0.15, -0.1) is 0 Å². The number of nitrogens with zero attached hydrogens (tertiary/aromatic N) is 1.